The van der Waals surface area contributed by atoms with E-state index in [0.717, 1.165) is 5.56 Å². The lowest BCUT2D eigenvalue weighted by Crippen LogP contribution is -2.21. The summed E-state index contributed by atoms with van der Waals surface area (Å²) in [5.74, 6) is -0.582. The maximum Gasteiger partial charge on any atom is 0.338 e. The van der Waals surface area contributed by atoms with Crippen LogP contribution < -0.4 is 5.32 Å². The lowest BCUT2D eigenvalue weighted by molar-refractivity contribution is -0.119. The molecule has 4 nitrogen and oxygen atoms in total. The maximum atomic E-state index is 11.9. The minimum atomic E-state index is -0.533. The van der Waals surface area contributed by atoms with Crippen LogP contribution >= 0.6 is 11.6 Å². The van der Waals surface area contributed by atoms with Crippen molar-refractivity contribution in [2.75, 3.05) is 11.9 Å². The van der Waals surface area contributed by atoms with Gasteiger partial charge in [-0.15, -0.1) is 0 Å². The van der Waals surface area contributed by atoms with Crippen LogP contribution in [0.25, 0.3) is 0 Å². The number of ether oxygens (including phenoxy) is 1. The summed E-state index contributed by atoms with van der Waals surface area (Å²) in [5.41, 5.74) is 2.04. The van der Waals surface area contributed by atoms with Gasteiger partial charge in [0.25, 0.3) is 5.91 Å². The van der Waals surface area contributed by atoms with Gasteiger partial charge in [0.05, 0.1) is 16.3 Å². The molecule has 1 amide bonds. The number of para-hydroxylation sites is 1. The SMILES string of the molecule is CC(C)c1ccc(C(=O)OCC(=O)Nc2ccccc2Cl)cc1. The first-order valence-corrected chi connectivity index (χ1v) is 7.66. The van der Waals surface area contributed by atoms with Crippen molar-refractivity contribution in [2.24, 2.45) is 0 Å². The number of carbonyl (C=O) groups excluding carboxylic acids is 2. The Morgan fingerprint density at radius 3 is 2.35 bits per heavy atom. The Balaban J connectivity index is 1.88. The Labute approximate surface area is 140 Å². The van der Waals surface area contributed by atoms with Gasteiger partial charge in [-0.1, -0.05) is 49.7 Å². The van der Waals surface area contributed by atoms with Gasteiger partial charge in [-0.05, 0) is 35.7 Å². The number of hydrogen-bond donors (Lipinski definition) is 1. The highest BCUT2D eigenvalue weighted by atomic mass is 35.5. The summed E-state index contributed by atoms with van der Waals surface area (Å²) in [6, 6.07) is 14.0. The maximum absolute atomic E-state index is 11.9. The molecule has 2 aromatic rings. The average Bonchev–Trinajstić information content (AvgIpc) is 2.55. The lowest BCUT2D eigenvalue weighted by Gasteiger charge is -2.09. The normalized spacial score (nSPS) is 10.4. The Hall–Kier alpha value is -2.33. The molecule has 120 valence electrons. The predicted octanol–water partition coefficient (Wildman–Crippen LogP) is 4.26. The van der Waals surface area contributed by atoms with E-state index in [2.05, 4.69) is 19.2 Å². The van der Waals surface area contributed by atoms with Crippen LogP contribution in [0.2, 0.25) is 5.02 Å². The molecule has 1 N–H and O–H groups in total. The molecule has 23 heavy (non-hydrogen) atoms. The first-order chi connectivity index (χ1) is 11.0. The van der Waals surface area contributed by atoms with Crippen LogP contribution in [0.5, 0.6) is 0 Å². The number of amides is 1. The summed E-state index contributed by atoms with van der Waals surface area (Å²) in [6.07, 6.45) is 0. The van der Waals surface area contributed by atoms with Crippen molar-refractivity contribution in [2.45, 2.75) is 19.8 Å². The van der Waals surface area contributed by atoms with Crippen molar-refractivity contribution in [3.63, 3.8) is 0 Å². The molecule has 0 saturated heterocycles. The molecule has 2 aromatic carbocycles. The summed E-state index contributed by atoms with van der Waals surface area (Å²) in [7, 11) is 0. The molecular weight excluding hydrogens is 314 g/mol. The van der Waals surface area contributed by atoms with Crippen LogP contribution in [-0.4, -0.2) is 18.5 Å². The van der Waals surface area contributed by atoms with E-state index in [1.807, 2.05) is 12.1 Å². The zero-order chi connectivity index (χ0) is 16.8. The third kappa shape index (κ3) is 4.83. The number of rotatable bonds is 5. The summed E-state index contributed by atoms with van der Waals surface area (Å²) in [6.45, 7) is 3.79. The quantitative estimate of drug-likeness (QED) is 0.833. The molecule has 0 aliphatic heterocycles. The van der Waals surface area contributed by atoms with E-state index in [4.69, 9.17) is 16.3 Å². The zero-order valence-electron chi connectivity index (χ0n) is 13.0. The van der Waals surface area contributed by atoms with Gasteiger partial charge in [0, 0.05) is 0 Å². The van der Waals surface area contributed by atoms with Crippen molar-refractivity contribution in [3.05, 3.63) is 64.7 Å². The fraction of sp³-hybridized carbons (Fsp3) is 0.222. The van der Waals surface area contributed by atoms with E-state index in [1.165, 1.54) is 0 Å². The summed E-state index contributed by atoms with van der Waals surface area (Å²) < 4.78 is 5.01. The van der Waals surface area contributed by atoms with Crippen molar-refractivity contribution < 1.29 is 14.3 Å². The van der Waals surface area contributed by atoms with E-state index in [9.17, 15) is 9.59 Å². The molecule has 0 bridgehead atoms. The van der Waals surface area contributed by atoms with E-state index >= 15 is 0 Å². The highest BCUT2D eigenvalue weighted by Crippen LogP contribution is 2.20. The van der Waals surface area contributed by atoms with Crippen LogP contribution in [0.3, 0.4) is 0 Å². The van der Waals surface area contributed by atoms with Gasteiger partial charge in [0.15, 0.2) is 6.61 Å². The molecular formula is C18H18ClNO3. The molecule has 0 fully saturated rings. The zero-order valence-corrected chi connectivity index (χ0v) is 13.8. The number of esters is 1. The number of halogens is 1. The largest absolute Gasteiger partial charge is 0.452 e. The highest BCUT2D eigenvalue weighted by Gasteiger charge is 2.11. The minimum absolute atomic E-state index is 0.365. The Bertz CT molecular complexity index is 696. The second-order valence-electron chi connectivity index (χ2n) is 5.38. The fourth-order valence-electron chi connectivity index (χ4n) is 1.97. The van der Waals surface area contributed by atoms with Crippen LogP contribution in [0.4, 0.5) is 5.69 Å². The highest BCUT2D eigenvalue weighted by molar-refractivity contribution is 6.33. The minimum Gasteiger partial charge on any atom is -0.452 e. The smallest absolute Gasteiger partial charge is 0.338 e. The van der Waals surface area contributed by atoms with Crippen LogP contribution in [0, 0.1) is 0 Å². The van der Waals surface area contributed by atoms with E-state index in [0.29, 0.717) is 22.2 Å². The number of nitrogens with one attached hydrogen (secondary N) is 1. The predicted molar refractivity (Wildman–Crippen MR) is 90.9 cm³/mol. The molecule has 0 aliphatic carbocycles. The molecule has 0 saturated carbocycles. The second kappa shape index (κ2) is 7.79. The summed E-state index contributed by atoms with van der Waals surface area (Å²) in [5, 5.41) is 3.02. The number of benzene rings is 2. The number of anilines is 1. The van der Waals surface area contributed by atoms with Gasteiger partial charge >= 0.3 is 5.97 Å². The molecule has 0 atom stereocenters. The molecule has 0 heterocycles. The molecule has 0 unspecified atom stereocenters. The van der Waals surface area contributed by atoms with E-state index in [1.54, 1.807) is 36.4 Å². The van der Waals surface area contributed by atoms with Crippen LogP contribution in [-0.2, 0) is 9.53 Å². The molecule has 0 spiro atoms. The van der Waals surface area contributed by atoms with Crippen LogP contribution in [0.1, 0.15) is 35.7 Å². The van der Waals surface area contributed by atoms with Gasteiger partial charge in [0.2, 0.25) is 0 Å². The number of carbonyl (C=O) groups is 2. The van der Waals surface area contributed by atoms with Crippen molar-refractivity contribution >= 4 is 29.2 Å². The molecule has 0 aliphatic rings. The van der Waals surface area contributed by atoms with E-state index < -0.39 is 11.9 Å². The van der Waals surface area contributed by atoms with Gasteiger partial charge in [-0.2, -0.15) is 0 Å². The summed E-state index contributed by atoms with van der Waals surface area (Å²) in [4.78, 5) is 23.7. The second-order valence-corrected chi connectivity index (χ2v) is 5.79. The average molecular weight is 332 g/mol. The van der Waals surface area contributed by atoms with E-state index in [-0.39, 0.29) is 6.61 Å². The molecule has 0 aromatic heterocycles. The standard InChI is InChI=1S/C18H18ClNO3/c1-12(2)13-7-9-14(10-8-13)18(22)23-11-17(21)20-16-6-4-3-5-15(16)19/h3-10,12H,11H2,1-2H3,(H,20,21). The Morgan fingerprint density at radius 1 is 1.09 bits per heavy atom. The van der Waals surface area contributed by atoms with Gasteiger partial charge in [0.1, 0.15) is 0 Å². The van der Waals surface area contributed by atoms with Gasteiger partial charge in [-0.3, -0.25) is 4.79 Å². The van der Waals surface area contributed by atoms with Crippen molar-refractivity contribution in [1.29, 1.82) is 0 Å². The van der Waals surface area contributed by atoms with Gasteiger partial charge < -0.3 is 10.1 Å². The first-order valence-electron chi connectivity index (χ1n) is 7.29. The van der Waals surface area contributed by atoms with Crippen molar-refractivity contribution in [3.8, 4) is 0 Å². The third-order valence-corrected chi connectivity index (χ3v) is 3.62. The van der Waals surface area contributed by atoms with Crippen molar-refractivity contribution in [1.82, 2.24) is 0 Å². The molecule has 0 radical (unpaired) electrons. The lowest BCUT2D eigenvalue weighted by atomic mass is 10.0. The molecule has 2 rings (SSSR count). The van der Waals surface area contributed by atoms with Gasteiger partial charge in [-0.25, -0.2) is 4.79 Å². The third-order valence-electron chi connectivity index (χ3n) is 3.30. The first kappa shape index (κ1) is 17.0. The fourth-order valence-corrected chi connectivity index (χ4v) is 2.15. The molecule has 5 heteroatoms. The Kier molecular flexibility index (Phi) is 5.77. The Morgan fingerprint density at radius 2 is 1.74 bits per heavy atom. The monoisotopic (exact) mass is 331 g/mol. The topological polar surface area (TPSA) is 55.4 Å². The number of hydrogen-bond acceptors (Lipinski definition) is 3. The summed E-state index contributed by atoms with van der Waals surface area (Å²) >= 11 is 5.94. The van der Waals surface area contributed by atoms with Crippen LogP contribution in [0.15, 0.2) is 48.5 Å².